The quantitative estimate of drug-likeness (QED) is 0.747. The second kappa shape index (κ2) is 7.53. The minimum Gasteiger partial charge on any atom is -0.481 e. The van der Waals surface area contributed by atoms with Crippen molar-refractivity contribution in [2.45, 2.75) is 19.3 Å². The van der Waals surface area contributed by atoms with Crippen LogP contribution in [0.5, 0.6) is 0 Å². The van der Waals surface area contributed by atoms with Crippen molar-refractivity contribution in [1.29, 1.82) is 0 Å². The first-order valence-electron chi connectivity index (χ1n) is 5.45. The molecule has 0 radical (unpaired) electrons. The fraction of sp³-hybridized carbons (Fsp3) is 0.333. The van der Waals surface area contributed by atoms with Crippen LogP contribution < -0.4 is 5.32 Å². The van der Waals surface area contributed by atoms with E-state index < -0.39 is 5.97 Å². The summed E-state index contributed by atoms with van der Waals surface area (Å²) in [5, 5.41) is 11.2. The largest absolute Gasteiger partial charge is 0.481 e. The van der Waals surface area contributed by atoms with Crippen LogP contribution in [0, 0.1) is 0 Å². The van der Waals surface area contributed by atoms with E-state index in [-0.39, 0.29) is 12.3 Å². The lowest BCUT2D eigenvalue weighted by Crippen LogP contribution is -2.24. The van der Waals surface area contributed by atoms with Crippen LogP contribution in [0.2, 0.25) is 0 Å². The number of halogens is 2. The first-order valence-corrected chi connectivity index (χ1v) is 7.03. The third-order valence-electron chi connectivity index (χ3n) is 2.23. The topological polar surface area (TPSA) is 66.4 Å². The lowest BCUT2D eigenvalue weighted by Gasteiger charge is -2.05. The number of carbonyl (C=O) groups excluding carboxylic acids is 1. The molecule has 0 aromatic heterocycles. The third kappa shape index (κ3) is 5.64. The van der Waals surface area contributed by atoms with Gasteiger partial charge in [-0.3, -0.25) is 9.59 Å². The molecule has 6 heteroatoms. The number of rotatable bonds is 6. The predicted molar refractivity (Wildman–Crippen MR) is 75.7 cm³/mol. The monoisotopic (exact) mass is 377 g/mol. The zero-order valence-electron chi connectivity index (χ0n) is 9.58. The number of hydrogen-bond donors (Lipinski definition) is 2. The van der Waals surface area contributed by atoms with E-state index in [2.05, 4.69) is 37.2 Å². The minimum atomic E-state index is -0.808. The Hall–Kier alpha value is -0.880. The predicted octanol–water partition coefficient (Wildman–Crippen LogP) is 3.20. The van der Waals surface area contributed by atoms with E-state index in [1.165, 1.54) is 0 Å². The molecule has 1 aromatic rings. The molecule has 0 spiro atoms. The van der Waals surface area contributed by atoms with E-state index in [1.54, 1.807) is 12.1 Å². The van der Waals surface area contributed by atoms with Gasteiger partial charge in [-0.15, -0.1) is 0 Å². The Balaban J connectivity index is 2.38. The lowest BCUT2D eigenvalue weighted by atomic mass is 10.2. The number of amides is 1. The van der Waals surface area contributed by atoms with Crippen molar-refractivity contribution in [3.05, 3.63) is 32.7 Å². The molecule has 98 valence electrons. The Morgan fingerprint density at radius 2 is 1.72 bits per heavy atom. The molecular weight excluding hydrogens is 366 g/mol. The smallest absolute Gasteiger partial charge is 0.303 e. The number of hydrogen-bond acceptors (Lipinski definition) is 2. The SMILES string of the molecule is O=C(O)CCCCNC(=O)c1cc(Br)cc(Br)c1. The Bertz CT molecular complexity index is 429. The molecule has 0 atom stereocenters. The van der Waals surface area contributed by atoms with Crippen LogP contribution in [0.1, 0.15) is 29.6 Å². The highest BCUT2D eigenvalue weighted by Crippen LogP contribution is 2.19. The average molecular weight is 379 g/mol. The molecule has 1 rings (SSSR count). The van der Waals surface area contributed by atoms with Crippen molar-refractivity contribution in [3.63, 3.8) is 0 Å². The summed E-state index contributed by atoms with van der Waals surface area (Å²) in [6.07, 6.45) is 1.36. The molecule has 0 bridgehead atoms. The van der Waals surface area contributed by atoms with Gasteiger partial charge in [0.2, 0.25) is 0 Å². The van der Waals surface area contributed by atoms with Crippen molar-refractivity contribution in [2.24, 2.45) is 0 Å². The number of nitrogens with one attached hydrogen (secondary N) is 1. The molecule has 0 aliphatic carbocycles. The van der Waals surface area contributed by atoms with Crippen LogP contribution in [0.15, 0.2) is 27.1 Å². The average Bonchev–Trinajstić information content (AvgIpc) is 2.26. The van der Waals surface area contributed by atoms with Gasteiger partial charge in [-0.1, -0.05) is 31.9 Å². The van der Waals surface area contributed by atoms with Crippen molar-refractivity contribution in [2.75, 3.05) is 6.54 Å². The Morgan fingerprint density at radius 3 is 2.28 bits per heavy atom. The summed E-state index contributed by atoms with van der Waals surface area (Å²) < 4.78 is 1.65. The number of carbonyl (C=O) groups is 2. The fourth-order valence-electron chi connectivity index (χ4n) is 1.39. The molecule has 2 N–H and O–H groups in total. The Labute approximate surface area is 122 Å². The van der Waals surface area contributed by atoms with Gasteiger partial charge in [0.25, 0.3) is 5.91 Å². The molecule has 0 heterocycles. The van der Waals surface area contributed by atoms with E-state index in [0.717, 1.165) is 8.95 Å². The first-order chi connectivity index (χ1) is 8.49. The van der Waals surface area contributed by atoms with Gasteiger partial charge in [-0.2, -0.15) is 0 Å². The maximum absolute atomic E-state index is 11.8. The number of carboxylic acids is 1. The summed E-state index contributed by atoms with van der Waals surface area (Å²) >= 11 is 6.63. The first kappa shape index (κ1) is 15.2. The van der Waals surface area contributed by atoms with Gasteiger partial charge in [0.15, 0.2) is 0 Å². The maximum Gasteiger partial charge on any atom is 0.303 e. The fourth-order valence-corrected chi connectivity index (χ4v) is 2.68. The number of carboxylic acid groups (broad SMARTS) is 1. The van der Waals surface area contributed by atoms with E-state index in [9.17, 15) is 9.59 Å². The van der Waals surface area contributed by atoms with Crippen LogP contribution >= 0.6 is 31.9 Å². The number of aliphatic carboxylic acids is 1. The second-order valence-electron chi connectivity index (χ2n) is 3.76. The van der Waals surface area contributed by atoms with Crippen molar-refractivity contribution < 1.29 is 14.7 Å². The van der Waals surface area contributed by atoms with Gasteiger partial charge < -0.3 is 10.4 Å². The van der Waals surface area contributed by atoms with E-state index >= 15 is 0 Å². The minimum absolute atomic E-state index is 0.137. The Morgan fingerprint density at radius 1 is 1.11 bits per heavy atom. The summed E-state index contributed by atoms with van der Waals surface area (Å²) in [6, 6.07) is 5.32. The second-order valence-corrected chi connectivity index (χ2v) is 5.60. The van der Waals surface area contributed by atoms with E-state index in [0.29, 0.717) is 24.9 Å². The molecule has 0 aliphatic heterocycles. The van der Waals surface area contributed by atoms with Crippen LogP contribution in [0.25, 0.3) is 0 Å². The van der Waals surface area contributed by atoms with Gasteiger partial charge in [0.05, 0.1) is 0 Å². The molecule has 18 heavy (non-hydrogen) atoms. The van der Waals surface area contributed by atoms with E-state index in [1.807, 2.05) is 6.07 Å². The highest BCUT2D eigenvalue weighted by molar-refractivity contribution is 9.11. The van der Waals surface area contributed by atoms with Crippen molar-refractivity contribution >= 4 is 43.7 Å². The standard InChI is InChI=1S/C12H13Br2NO3/c13-9-5-8(6-10(14)7-9)12(18)15-4-2-1-3-11(16)17/h5-7H,1-4H2,(H,15,18)(H,16,17). The molecule has 0 saturated carbocycles. The summed E-state index contributed by atoms with van der Waals surface area (Å²) in [4.78, 5) is 22.1. The summed E-state index contributed by atoms with van der Waals surface area (Å²) in [7, 11) is 0. The number of benzene rings is 1. The van der Waals surface area contributed by atoms with Crippen LogP contribution in [-0.2, 0) is 4.79 Å². The lowest BCUT2D eigenvalue weighted by molar-refractivity contribution is -0.137. The molecular formula is C12H13Br2NO3. The summed E-state index contributed by atoms with van der Waals surface area (Å²) in [5.41, 5.74) is 0.564. The maximum atomic E-state index is 11.8. The molecule has 1 aromatic carbocycles. The van der Waals surface area contributed by atoms with E-state index in [4.69, 9.17) is 5.11 Å². The molecule has 0 fully saturated rings. The van der Waals surface area contributed by atoms with Crippen molar-refractivity contribution in [3.8, 4) is 0 Å². The van der Waals surface area contributed by atoms with Crippen LogP contribution in [-0.4, -0.2) is 23.5 Å². The van der Waals surface area contributed by atoms with Crippen LogP contribution in [0.4, 0.5) is 0 Å². The molecule has 0 saturated heterocycles. The summed E-state index contributed by atoms with van der Waals surface area (Å²) in [6.45, 7) is 0.482. The van der Waals surface area contributed by atoms with Crippen molar-refractivity contribution in [1.82, 2.24) is 5.32 Å². The highest BCUT2D eigenvalue weighted by Gasteiger charge is 2.06. The van der Waals surface area contributed by atoms with Crippen LogP contribution in [0.3, 0.4) is 0 Å². The zero-order valence-corrected chi connectivity index (χ0v) is 12.8. The molecule has 1 amide bonds. The summed E-state index contributed by atoms with van der Waals surface area (Å²) in [5.74, 6) is -0.968. The Kier molecular flexibility index (Phi) is 6.35. The zero-order chi connectivity index (χ0) is 13.5. The normalized spacial score (nSPS) is 10.1. The van der Waals surface area contributed by atoms with Gasteiger partial charge in [0.1, 0.15) is 0 Å². The van der Waals surface area contributed by atoms with Gasteiger partial charge in [-0.25, -0.2) is 0 Å². The van der Waals surface area contributed by atoms with Gasteiger partial charge >= 0.3 is 5.97 Å². The number of unbranched alkanes of at least 4 members (excludes halogenated alkanes) is 1. The van der Waals surface area contributed by atoms with Gasteiger partial charge in [-0.05, 0) is 31.0 Å². The third-order valence-corrected chi connectivity index (χ3v) is 3.14. The van der Waals surface area contributed by atoms with Gasteiger partial charge in [0, 0.05) is 27.5 Å². The molecule has 0 aliphatic rings. The molecule has 4 nitrogen and oxygen atoms in total. The molecule has 0 unspecified atom stereocenters. The highest BCUT2D eigenvalue weighted by atomic mass is 79.9.